The van der Waals surface area contributed by atoms with Crippen LogP contribution in [0.5, 0.6) is 0 Å². The number of nitrogens with zero attached hydrogens (tertiary/aromatic N) is 1. The Labute approximate surface area is 49.4 Å². The lowest BCUT2D eigenvalue weighted by Gasteiger charge is -1.95. The van der Waals surface area contributed by atoms with Gasteiger partial charge in [-0.1, -0.05) is 13.8 Å². The van der Waals surface area contributed by atoms with Gasteiger partial charge < -0.3 is 0 Å². The highest BCUT2D eigenvalue weighted by molar-refractivity contribution is 4.42. The number of hydrogen-bond donors (Lipinski definition) is 1. The van der Waals surface area contributed by atoms with Gasteiger partial charge in [0.2, 0.25) is 6.54 Å². The Morgan fingerprint density at radius 2 is 2.25 bits per heavy atom. The van der Waals surface area contributed by atoms with Crippen LogP contribution in [0.2, 0.25) is 0 Å². The Balaban J connectivity index is 3.24. The van der Waals surface area contributed by atoms with E-state index in [1.807, 2.05) is 13.8 Å². The molecule has 0 heterocycles. The lowest BCUT2D eigenvalue weighted by Crippen LogP contribution is -2.21. The first-order chi connectivity index (χ1) is 3.66. The predicted octanol–water partition coefficient (Wildman–Crippen LogP) is 0.685. The van der Waals surface area contributed by atoms with Crippen molar-refractivity contribution in [3.05, 3.63) is 4.91 Å². The SMILES string of the molecule is CCC(C)C[N+](N)=O. The molecular weight excluding hydrogens is 104 g/mol. The Morgan fingerprint density at radius 1 is 1.75 bits per heavy atom. The van der Waals surface area contributed by atoms with E-state index in [-0.39, 0.29) is 0 Å². The van der Waals surface area contributed by atoms with Crippen molar-refractivity contribution in [2.24, 2.45) is 11.8 Å². The average Bonchev–Trinajstić information content (AvgIpc) is 1.65. The number of nitrogens with two attached hydrogens (primary N) is 1. The van der Waals surface area contributed by atoms with Crippen LogP contribution < -0.4 is 5.84 Å². The van der Waals surface area contributed by atoms with Crippen molar-refractivity contribution in [3.8, 4) is 0 Å². The van der Waals surface area contributed by atoms with Gasteiger partial charge >= 0.3 is 0 Å². The first-order valence-electron chi connectivity index (χ1n) is 2.86. The smallest absolute Gasteiger partial charge is 0.165 e. The summed E-state index contributed by atoms with van der Waals surface area (Å²) in [6.07, 6.45) is 1.01. The fourth-order valence-electron chi connectivity index (χ4n) is 0.436. The van der Waals surface area contributed by atoms with Crippen molar-refractivity contribution < 1.29 is 4.87 Å². The monoisotopic (exact) mass is 117 g/mol. The Kier molecular flexibility index (Phi) is 3.15. The molecule has 0 aliphatic carbocycles. The van der Waals surface area contributed by atoms with Gasteiger partial charge in [0.15, 0.2) is 0 Å². The minimum absolute atomic E-state index is 0.414. The largest absolute Gasteiger partial charge is 0.227 e. The molecule has 0 aromatic carbocycles. The van der Waals surface area contributed by atoms with Crippen LogP contribution in [0.15, 0.2) is 0 Å². The molecule has 0 rings (SSSR count). The van der Waals surface area contributed by atoms with Crippen molar-refractivity contribution in [1.82, 2.24) is 0 Å². The zero-order chi connectivity index (χ0) is 6.57. The van der Waals surface area contributed by atoms with E-state index in [4.69, 9.17) is 5.84 Å². The van der Waals surface area contributed by atoms with Gasteiger partial charge in [-0.2, -0.15) is 5.84 Å². The van der Waals surface area contributed by atoms with E-state index < -0.39 is 0 Å². The van der Waals surface area contributed by atoms with Gasteiger partial charge in [-0.15, -0.1) is 0 Å². The van der Waals surface area contributed by atoms with E-state index in [2.05, 4.69) is 0 Å². The second-order valence-corrected chi connectivity index (χ2v) is 2.11. The molecule has 3 nitrogen and oxygen atoms in total. The summed E-state index contributed by atoms with van der Waals surface area (Å²) < 4.78 is 0. The zero-order valence-electron chi connectivity index (χ0n) is 5.42. The summed E-state index contributed by atoms with van der Waals surface area (Å²) >= 11 is 0. The maximum atomic E-state index is 10.1. The van der Waals surface area contributed by atoms with E-state index in [1.54, 1.807) is 0 Å². The van der Waals surface area contributed by atoms with E-state index in [1.165, 1.54) is 0 Å². The molecule has 1 atom stereocenters. The highest BCUT2D eigenvalue weighted by Crippen LogP contribution is 1.97. The van der Waals surface area contributed by atoms with Gasteiger partial charge in [0, 0.05) is 5.92 Å². The summed E-state index contributed by atoms with van der Waals surface area (Å²) in [5.41, 5.74) is 0. The van der Waals surface area contributed by atoms with E-state index >= 15 is 0 Å². The molecule has 3 heteroatoms. The highest BCUT2D eigenvalue weighted by Gasteiger charge is 2.07. The number of nitroso groups, excluding NO2 is 1. The fourth-order valence-corrected chi connectivity index (χ4v) is 0.436. The highest BCUT2D eigenvalue weighted by atomic mass is 16.3. The van der Waals surface area contributed by atoms with Crippen molar-refractivity contribution in [2.75, 3.05) is 6.54 Å². The Morgan fingerprint density at radius 3 is 2.38 bits per heavy atom. The molecule has 0 aromatic heterocycles. The molecular formula is C5H13N2O+. The maximum absolute atomic E-state index is 10.1. The van der Waals surface area contributed by atoms with Gasteiger partial charge in [0.1, 0.15) is 4.87 Å². The molecule has 0 radical (unpaired) electrons. The van der Waals surface area contributed by atoms with Crippen LogP contribution in [0.25, 0.3) is 0 Å². The summed E-state index contributed by atoms with van der Waals surface area (Å²) in [6.45, 7) is 4.47. The van der Waals surface area contributed by atoms with Crippen LogP contribution in [0.3, 0.4) is 0 Å². The molecule has 0 saturated carbocycles. The van der Waals surface area contributed by atoms with Crippen LogP contribution in [-0.4, -0.2) is 11.4 Å². The molecule has 0 saturated heterocycles. The van der Waals surface area contributed by atoms with Gasteiger partial charge in [0.25, 0.3) is 0 Å². The van der Waals surface area contributed by atoms with Crippen molar-refractivity contribution in [3.63, 3.8) is 0 Å². The zero-order valence-corrected chi connectivity index (χ0v) is 5.42. The summed E-state index contributed by atoms with van der Waals surface area (Å²) in [6, 6.07) is 0. The third kappa shape index (κ3) is 3.59. The normalized spacial score (nSPS) is 13.2. The van der Waals surface area contributed by atoms with Gasteiger partial charge in [-0.05, 0) is 6.42 Å². The topological polar surface area (TPSA) is 46.1 Å². The summed E-state index contributed by atoms with van der Waals surface area (Å²) in [5.74, 6) is 5.26. The Hall–Kier alpha value is -0.600. The first-order valence-corrected chi connectivity index (χ1v) is 2.86. The molecule has 0 bridgehead atoms. The molecule has 8 heavy (non-hydrogen) atoms. The summed E-state index contributed by atoms with van der Waals surface area (Å²) in [4.78, 5) is 10.6. The second kappa shape index (κ2) is 3.41. The molecule has 48 valence electrons. The van der Waals surface area contributed by atoms with Gasteiger partial charge in [0.05, 0.1) is 4.91 Å². The predicted molar refractivity (Wildman–Crippen MR) is 32.1 cm³/mol. The summed E-state index contributed by atoms with van der Waals surface area (Å²) in [5, 5.41) is 0. The minimum atomic E-state index is 0.414. The quantitative estimate of drug-likeness (QED) is 0.336. The second-order valence-electron chi connectivity index (χ2n) is 2.11. The van der Waals surface area contributed by atoms with E-state index in [9.17, 15) is 4.91 Å². The average molecular weight is 117 g/mol. The fraction of sp³-hybridized carbons (Fsp3) is 1.00. The van der Waals surface area contributed by atoms with Crippen LogP contribution >= 0.6 is 0 Å². The van der Waals surface area contributed by atoms with Crippen LogP contribution in [0.1, 0.15) is 20.3 Å². The molecule has 0 spiro atoms. The van der Waals surface area contributed by atoms with Crippen LogP contribution in [0.4, 0.5) is 0 Å². The molecule has 0 aliphatic rings. The third-order valence-electron chi connectivity index (χ3n) is 1.19. The third-order valence-corrected chi connectivity index (χ3v) is 1.19. The molecule has 0 fully saturated rings. The Bertz CT molecular complexity index is 82.5. The number of rotatable bonds is 3. The molecule has 0 aromatic rings. The first kappa shape index (κ1) is 7.40. The standard InChI is InChI=1S/C5H13N2O/c1-3-5(2)4-7(6)8/h5H,3-4H2,1-2H3,(H2,6,8)/q+1. The lowest BCUT2D eigenvalue weighted by molar-refractivity contribution is -0.566. The van der Waals surface area contributed by atoms with Gasteiger partial charge in [-0.25, -0.2) is 0 Å². The molecule has 2 N–H and O–H groups in total. The summed E-state index contributed by atoms with van der Waals surface area (Å²) in [7, 11) is 0. The molecule has 0 aliphatic heterocycles. The maximum Gasteiger partial charge on any atom is 0.227 e. The number of hydrazine groups is 1. The van der Waals surface area contributed by atoms with Crippen molar-refractivity contribution >= 4 is 0 Å². The van der Waals surface area contributed by atoms with E-state index in [0.717, 1.165) is 6.42 Å². The van der Waals surface area contributed by atoms with Gasteiger partial charge in [-0.3, -0.25) is 0 Å². The van der Waals surface area contributed by atoms with Crippen LogP contribution in [0, 0.1) is 10.8 Å². The molecule has 1 unspecified atom stereocenters. The lowest BCUT2D eigenvalue weighted by atomic mass is 10.1. The van der Waals surface area contributed by atoms with Crippen molar-refractivity contribution in [1.29, 1.82) is 0 Å². The minimum Gasteiger partial charge on any atom is -0.165 e. The van der Waals surface area contributed by atoms with Crippen molar-refractivity contribution in [2.45, 2.75) is 20.3 Å². The van der Waals surface area contributed by atoms with E-state index in [0.29, 0.717) is 17.3 Å². The molecule has 0 amide bonds. The number of hydrogen-bond acceptors (Lipinski definition) is 1. The van der Waals surface area contributed by atoms with Crippen LogP contribution in [-0.2, 0) is 0 Å².